The minimum atomic E-state index is -3.76. The Balaban J connectivity index is 4.82. The second-order valence-corrected chi connectivity index (χ2v) is 7.65. The van der Waals surface area contributed by atoms with Gasteiger partial charge >= 0.3 is 5.97 Å². The summed E-state index contributed by atoms with van der Waals surface area (Å²) in [7, 11) is -3.76. The summed E-state index contributed by atoms with van der Waals surface area (Å²) in [5.41, 5.74) is 0. The van der Waals surface area contributed by atoms with Crippen LogP contribution in [0, 0.1) is 11.8 Å². The molecule has 120 valence electrons. The first-order valence-corrected chi connectivity index (χ1v) is 8.50. The van der Waals surface area contributed by atoms with Gasteiger partial charge in [0.1, 0.15) is 6.04 Å². The largest absolute Gasteiger partial charge is 0.480 e. The maximum Gasteiger partial charge on any atom is 0.321 e. The summed E-state index contributed by atoms with van der Waals surface area (Å²) in [6.45, 7) is 10.3. The van der Waals surface area contributed by atoms with E-state index >= 15 is 0 Å². The zero-order valence-corrected chi connectivity index (χ0v) is 13.9. The molecule has 0 saturated heterocycles. The van der Waals surface area contributed by atoms with E-state index in [1.807, 2.05) is 27.7 Å². The van der Waals surface area contributed by atoms with Crippen molar-refractivity contribution in [1.29, 1.82) is 0 Å². The molecule has 0 saturated carbocycles. The molecule has 20 heavy (non-hydrogen) atoms. The van der Waals surface area contributed by atoms with E-state index in [1.165, 1.54) is 11.2 Å². The molecule has 0 aromatic heterocycles. The molecular weight excluding hydrogens is 280 g/mol. The van der Waals surface area contributed by atoms with Crippen LogP contribution >= 0.6 is 0 Å². The Morgan fingerprint density at radius 2 is 1.45 bits per heavy atom. The van der Waals surface area contributed by atoms with Crippen LogP contribution in [0.15, 0.2) is 0 Å². The SMILES string of the molecule is CC(C)CCN(CCC(C)C)S(=O)(=O)NC(C)C(=O)O. The minimum Gasteiger partial charge on any atom is -0.480 e. The molecule has 0 bridgehead atoms. The number of hydrogen-bond donors (Lipinski definition) is 2. The predicted octanol–water partition coefficient (Wildman–Crippen LogP) is 1.69. The highest BCUT2D eigenvalue weighted by Crippen LogP contribution is 2.10. The van der Waals surface area contributed by atoms with Gasteiger partial charge in [0.2, 0.25) is 0 Å². The van der Waals surface area contributed by atoms with Crippen LogP contribution in [0.4, 0.5) is 0 Å². The van der Waals surface area contributed by atoms with Gasteiger partial charge in [-0.15, -0.1) is 0 Å². The van der Waals surface area contributed by atoms with Crippen molar-refractivity contribution in [3.63, 3.8) is 0 Å². The molecule has 0 radical (unpaired) electrons. The third-order valence-electron chi connectivity index (χ3n) is 2.95. The van der Waals surface area contributed by atoms with E-state index < -0.39 is 22.2 Å². The van der Waals surface area contributed by atoms with Crippen LogP contribution in [-0.2, 0) is 15.0 Å². The van der Waals surface area contributed by atoms with Crippen molar-refractivity contribution in [3.05, 3.63) is 0 Å². The van der Waals surface area contributed by atoms with Crippen molar-refractivity contribution in [3.8, 4) is 0 Å². The fourth-order valence-electron chi connectivity index (χ4n) is 1.50. The average Bonchev–Trinajstić information content (AvgIpc) is 2.26. The Bertz CT molecular complexity index is 381. The molecule has 2 N–H and O–H groups in total. The van der Waals surface area contributed by atoms with E-state index in [2.05, 4.69) is 4.72 Å². The lowest BCUT2D eigenvalue weighted by Crippen LogP contribution is -2.48. The third kappa shape index (κ3) is 7.81. The van der Waals surface area contributed by atoms with E-state index in [0.29, 0.717) is 24.9 Å². The van der Waals surface area contributed by atoms with Crippen molar-refractivity contribution >= 4 is 16.2 Å². The summed E-state index contributed by atoms with van der Waals surface area (Å²) in [5, 5.41) is 8.82. The lowest BCUT2D eigenvalue weighted by Gasteiger charge is -2.25. The van der Waals surface area contributed by atoms with Crippen LogP contribution in [-0.4, -0.2) is 42.9 Å². The van der Waals surface area contributed by atoms with E-state index in [9.17, 15) is 13.2 Å². The lowest BCUT2D eigenvalue weighted by molar-refractivity contribution is -0.138. The second kappa shape index (κ2) is 8.59. The van der Waals surface area contributed by atoms with E-state index in [0.717, 1.165) is 12.8 Å². The highest BCUT2D eigenvalue weighted by atomic mass is 32.2. The quantitative estimate of drug-likeness (QED) is 0.643. The fourth-order valence-corrected chi connectivity index (χ4v) is 2.89. The van der Waals surface area contributed by atoms with Crippen LogP contribution in [0.1, 0.15) is 47.5 Å². The number of aliphatic carboxylic acids is 1. The molecule has 0 aromatic carbocycles. The zero-order chi connectivity index (χ0) is 15.9. The number of carboxylic acid groups (broad SMARTS) is 1. The van der Waals surface area contributed by atoms with Gasteiger partial charge in [-0.05, 0) is 31.6 Å². The van der Waals surface area contributed by atoms with Crippen LogP contribution in [0.25, 0.3) is 0 Å². The molecule has 6 nitrogen and oxygen atoms in total. The molecule has 0 fully saturated rings. The first kappa shape index (κ1) is 19.3. The fraction of sp³-hybridized carbons (Fsp3) is 0.923. The lowest BCUT2D eigenvalue weighted by atomic mass is 10.1. The van der Waals surface area contributed by atoms with Gasteiger partial charge in [0.25, 0.3) is 10.2 Å². The average molecular weight is 308 g/mol. The van der Waals surface area contributed by atoms with Crippen LogP contribution in [0.3, 0.4) is 0 Å². The molecule has 0 aliphatic rings. The normalized spacial score (nSPS) is 14.2. The van der Waals surface area contributed by atoms with Gasteiger partial charge in [-0.1, -0.05) is 27.7 Å². The maximum absolute atomic E-state index is 12.2. The molecule has 0 heterocycles. The summed E-state index contributed by atoms with van der Waals surface area (Å²) in [4.78, 5) is 10.8. The Hall–Kier alpha value is -0.660. The molecule has 1 atom stereocenters. The van der Waals surface area contributed by atoms with Gasteiger partial charge in [-0.3, -0.25) is 4.79 Å². The first-order chi connectivity index (χ1) is 9.06. The summed E-state index contributed by atoms with van der Waals surface area (Å²) in [6.07, 6.45) is 1.50. The Morgan fingerprint density at radius 3 is 1.75 bits per heavy atom. The number of hydrogen-bond acceptors (Lipinski definition) is 3. The van der Waals surface area contributed by atoms with Crippen LogP contribution in [0.2, 0.25) is 0 Å². The third-order valence-corrected chi connectivity index (χ3v) is 4.64. The molecule has 0 aliphatic carbocycles. The molecule has 1 unspecified atom stereocenters. The second-order valence-electron chi connectivity index (χ2n) is 5.95. The maximum atomic E-state index is 12.2. The van der Waals surface area contributed by atoms with E-state index in [-0.39, 0.29) is 0 Å². The molecule has 0 aliphatic heterocycles. The van der Waals surface area contributed by atoms with Crippen LogP contribution < -0.4 is 4.72 Å². The standard InChI is InChI=1S/C13H28N2O4S/c1-10(2)6-8-15(9-7-11(3)4)20(18,19)14-12(5)13(16)17/h10-12,14H,6-9H2,1-5H3,(H,16,17). The summed E-state index contributed by atoms with van der Waals surface area (Å²) in [6, 6.07) is -1.12. The van der Waals surface area contributed by atoms with E-state index in [4.69, 9.17) is 5.11 Å². The Labute approximate surface area is 122 Å². The summed E-state index contributed by atoms with van der Waals surface area (Å²) < 4.78 is 28.0. The van der Waals surface area contributed by atoms with Gasteiger partial charge in [-0.2, -0.15) is 17.4 Å². The van der Waals surface area contributed by atoms with Crippen LogP contribution in [0.5, 0.6) is 0 Å². The van der Waals surface area contributed by atoms with Gasteiger partial charge in [0, 0.05) is 13.1 Å². The zero-order valence-electron chi connectivity index (χ0n) is 13.1. The van der Waals surface area contributed by atoms with Gasteiger partial charge in [0.15, 0.2) is 0 Å². The topological polar surface area (TPSA) is 86.7 Å². The van der Waals surface area contributed by atoms with E-state index in [1.54, 1.807) is 0 Å². The van der Waals surface area contributed by atoms with Gasteiger partial charge in [0.05, 0.1) is 0 Å². The van der Waals surface area contributed by atoms with Crippen molar-refractivity contribution in [1.82, 2.24) is 9.03 Å². The molecule has 0 rings (SSSR count). The highest BCUT2D eigenvalue weighted by Gasteiger charge is 2.26. The van der Waals surface area contributed by atoms with Gasteiger partial charge in [-0.25, -0.2) is 0 Å². The predicted molar refractivity (Wildman–Crippen MR) is 79.6 cm³/mol. The van der Waals surface area contributed by atoms with Gasteiger partial charge < -0.3 is 5.11 Å². The molecule has 0 spiro atoms. The summed E-state index contributed by atoms with van der Waals surface area (Å²) in [5.74, 6) is -0.395. The monoisotopic (exact) mass is 308 g/mol. The number of nitrogens with one attached hydrogen (secondary N) is 1. The molecule has 0 aromatic rings. The number of nitrogens with zero attached hydrogens (tertiary/aromatic N) is 1. The number of carboxylic acids is 1. The molecular formula is C13H28N2O4S. The molecule has 0 amide bonds. The molecule has 7 heteroatoms. The minimum absolute atomic E-state index is 0.392. The summed E-state index contributed by atoms with van der Waals surface area (Å²) >= 11 is 0. The first-order valence-electron chi connectivity index (χ1n) is 7.06. The number of carbonyl (C=O) groups is 1. The van der Waals surface area contributed by atoms with Crippen molar-refractivity contribution in [2.24, 2.45) is 11.8 Å². The highest BCUT2D eigenvalue weighted by molar-refractivity contribution is 7.87. The Kier molecular flexibility index (Phi) is 8.30. The van der Waals surface area contributed by atoms with Crippen molar-refractivity contribution in [2.75, 3.05) is 13.1 Å². The smallest absolute Gasteiger partial charge is 0.321 e. The van der Waals surface area contributed by atoms with Crippen molar-refractivity contribution in [2.45, 2.75) is 53.5 Å². The number of rotatable bonds is 10. The Morgan fingerprint density at radius 1 is 1.05 bits per heavy atom. The van der Waals surface area contributed by atoms with Crippen molar-refractivity contribution < 1.29 is 18.3 Å².